The Kier molecular flexibility index (Phi) is 6.90. The highest BCUT2D eigenvalue weighted by Gasteiger charge is 2.16. The third-order valence-corrected chi connectivity index (χ3v) is 5.87. The van der Waals surface area contributed by atoms with E-state index < -0.39 is 0 Å². The van der Waals surface area contributed by atoms with Crippen LogP contribution < -0.4 is 5.32 Å². The van der Waals surface area contributed by atoms with Crippen molar-refractivity contribution in [1.29, 1.82) is 0 Å². The minimum atomic E-state index is -0.321. The standard InChI is InChI=1S/C21H19Cl2N3O2S/c1-13-3-5-14(6-4-13)21-25-16(12-29-21)10-20(28)26(2)11-19(27)24-15-7-8-17(22)18(23)9-15/h3-9,12H,10-11H2,1-2H3,(H,24,27). The van der Waals surface area contributed by atoms with Crippen molar-refractivity contribution < 1.29 is 9.59 Å². The number of thiazole rings is 1. The van der Waals surface area contributed by atoms with Crippen molar-refractivity contribution in [2.24, 2.45) is 0 Å². The number of aryl methyl sites for hydroxylation is 1. The van der Waals surface area contributed by atoms with Crippen LogP contribution in [0.2, 0.25) is 10.0 Å². The molecule has 0 saturated heterocycles. The quantitative estimate of drug-likeness (QED) is 0.573. The molecule has 2 amide bonds. The molecule has 0 spiro atoms. The number of likely N-dealkylation sites (N-methyl/N-ethyl adjacent to an activating group) is 1. The van der Waals surface area contributed by atoms with Crippen LogP contribution in [0.4, 0.5) is 5.69 Å². The summed E-state index contributed by atoms with van der Waals surface area (Å²) in [5.41, 5.74) is 3.41. The molecular weight excluding hydrogens is 429 g/mol. The Bertz CT molecular complexity index is 1030. The number of hydrogen-bond donors (Lipinski definition) is 1. The Labute approximate surface area is 183 Å². The van der Waals surface area contributed by atoms with Gasteiger partial charge in [-0.3, -0.25) is 9.59 Å². The van der Waals surface area contributed by atoms with E-state index in [4.69, 9.17) is 23.2 Å². The van der Waals surface area contributed by atoms with Crippen molar-refractivity contribution in [1.82, 2.24) is 9.88 Å². The van der Waals surface area contributed by atoms with E-state index in [-0.39, 0.29) is 24.8 Å². The maximum absolute atomic E-state index is 12.5. The summed E-state index contributed by atoms with van der Waals surface area (Å²) in [5, 5.41) is 6.20. The van der Waals surface area contributed by atoms with Crippen molar-refractivity contribution in [3.05, 3.63) is 69.1 Å². The molecule has 29 heavy (non-hydrogen) atoms. The number of nitrogens with zero attached hydrogens (tertiary/aromatic N) is 2. The lowest BCUT2D eigenvalue weighted by Crippen LogP contribution is -2.35. The van der Waals surface area contributed by atoms with E-state index in [0.717, 1.165) is 10.6 Å². The minimum absolute atomic E-state index is 0.0754. The van der Waals surface area contributed by atoms with E-state index in [2.05, 4.69) is 10.3 Å². The summed E-state index contributed by atoms with van der Waals surface area (Å²) in [6.45, 7) is 1.96. The number of aromatic nitrogens is 1. The van der Waals surface area contributed by atoms with Gasteiger partial charge in [0.1, 0.15) is 5.01 Å². The lowest BCUT2D eigenvalue weighted by molar-refractivity contribution is -0.132. The SMILES string of the molecule is Cc1ccc(-c2nc(CC(=O)N(C)CC(=O)Nc3ccc(Cl)c(Cl)c3)cs2)cc1. The molecule has 0 radical (unpaired) electrons. The number of benzene rings is 2. The van der Waals surface area contributed by atoms with Crippen LogP contribution in [-0.4, -0.2) is 35.3 Å². The average Bonchev–Trinajstić information content (AvgIpc) is 3.13. The second kappa shape index (κ2) is 9.39. The van der Waals surface area contributed by atoms with E-state index in [1.807, 2.05) is 36.6 Å². The summed E-state index contributed by atoms with van der Waals surface area (Å²) in [5.74, 6) is -0.507. The number of amides is 2. The Morgan fingerprint density at radius 1 is 1.10 bits per heavy atom. The first kappa shape index (κ1) is 21.3. The molecule has 0 atom stereocenters. The summed E-state index contributed by atoms with van der Waals surface area (Å²) in [7, 11) is 1.59. The Morgan fingerprint density at radius 2 is 1.83 bits per heavy atom. The van der Waals surface area contributed by atoms with Gasteiger partial charge in [0.25, 0.3) is 0 Å². The highest BCUT2D eigenvalue weighted by molar-refractivity contribution is 7.13. The zero-order chi connectivity index (χ0) is 21.0. The Hall–Kier alpha value is -2.41. The van der Waals surface area contributed by atoms with Crippen LogP contribution in [0.25, 0.3) is 10.6 Å². The molecule has 1 aromatic heterocycles. The number of rotatable bonds is 6. The molecular formula is C21H19Cl2N3O2S. The van der Waals surface area contributed by atoms with Gasteiger partial charge in [0.2, 0.25) is 11.8 Å². The molecule has 0 unspecified atom stereocenters. The topological polar surface area (TPSA) is 62.3 Å². The summed E-state index contributed by atoms with van der Waals surface area (Å²) in [6, 6.07) is 12.9. The first-order valence-corrected chi connectivity index (χ1v) is 10.5. The molecule has 3 rings (SSSR count). The van der Waals surface area contributed by atoms with Crippen molar-refractivity contribution >= 4 is 52.0 Å². The second-order valence-corrected chi connectivity index (χ2v) is 8.29. The molecule has 0 aliphatic rings. The molecule has 1 N–H and O–H groups in total. The van der Waals surface area contributed by atoms with Crippen LogP contribution in [0.15, 0.2) is 47.8 Å². The van der Waals surface area contributed by atoms with Gasteiger partial charge >= 0.3 is 0 Å². The van der Waals surface area contributed by atoms with Gasteiger partial charge in [-0.05, 0) is 25.1 Å². The monoisotopic (exact) mass is 447 g/mol. The first-order chi connectivity index (χ1) is 13.8. The van der Waals surface area contributed by atoms with E-state index in [1.165, 1.54) is 21.8 Å². The Morgan fingerprint density at radius 3 is 2.52 bits per heavy atom. The molecule has 1 heterocycles. The van der Waals surface area contributed by atoms with Crippen LogP contribution in [0.1, 0.15) is 11.3 Å². The summed E-state index contributed by atoms with van der Waals surface area (Å²) >= 11 is 13.3. The first-order valence-electron chi connectivity index (χ1n) is 8.82. The number of anilines is 1. The van der Waals surface area contributed by atoms with E-state index in [1.54, 1.807) is 25.2 Å². The van der Waals surface area contributed by atoms with Gasteiger partial charge in [0.05, 0.1) is 28.7 Å². The Balaban J connectivity index is 1.55. The summed E-state index contributed by atoms with van der Waals surface area (Å²) < 4.78 is 0. The number of nitrogens with one attached hydrogen (secondary N) is 1. The molecule has 0 fully saturated rings. The van der Waals surface area contributed by atoms with Crippen LogP contribution in [0.3, 0.4) is 0 Å². The lowest BCUT2D eigenvalue weighted by atomic mass is 10.2. The molecule has 0 bridgehead atoms. The molecule has 8 heteroatoms. The minimum Gasteiger partial charge on any atom is -0.336 e. The van der Waals surface area contributed by atoms with Gasteiger partial charge in [-0.2, -0.15) is 0 Å². The van der Waals surface area contributed by atoms with E-state index in [0.29, 0.717) is 21.4 Å². The number of carbonyl (C=O) groups is 2. The predicted molar refractivity (Wildman–Crippen MR) is 119 cm³/mol. The van der Waals surface area contributed by atoms with Gasteiger partial charge in [0.15, 0.2) is 0 Å². The van der Waals surface area contributed by atoms with Crippen molar-refractivity contribution in [3.8, 4) is 10.6 Å². The zero-order valence-electron chi connectivity index (χ0n) is 15.9. The maximum Gasteiger partial charge on any atom is 0.243 e. The lowest BCUT2D eigenvalue weighted by Gasteiger charge is -2.16. The summed E-state index contributed by atoms with van der Waals surface area (Å²) in [4.78, 5) is 30.6. The fourth-order valence-corrected chi connectivity index (χ4v) is 3.71. The molecule has 3 aromatic rings. The van der Waals surface area contributed by atoms with Gasteiger partial charge in [-0.25, -0.2) is 4.98 Å². The van der Waals surface area contributed by atoms with Gasteiger partial charge in [0, 0.05) is 23.7 Å². The van der Waals surface area contributed by atoms with Gasteiger partial charge < -0.3 is 10.2 Å². The van der Waals surface area contributed by atoms with Crippen LogP contribution >= 0.6 is 34.5 Å². The fraction of sp³-hybridized carbons (Fsp3) is 0.190. The maximum atomic E-state index is 12.5. The molecule has 150 valence electrons. The normalized spacial score (nSPS) is 10.6. The average molecular weight is 448 g/mol. The van der Waals surface area contributed by atoms with Crippen molar-refractivity contribution in [3.63, 3.8) is 0 Å². The zero-order valence-corrected chi connectivity index (χ0v) is 18.2. The van der Waals surface area contributed by atoms with Crippen molar-refractivity contribution in [2.45, 2.75) is 13.3 Å². The molecule has 0 aliphatic heterocycles. The van der Waals surface area contributed by atoms with Crippen LogP contribution in [-0.2, 0) is 16.0 Å². The molecule has 0 saturated carbocycles. The highest BCUT2D eigenvalue weighted by atomic mass is 35.5. The fourth-order valence-electron chi connectivity index (χ4n) is 2.58. The largest absolute Gasteiger partial charge is 0.336 e. The smallest absolute Gasteiger partial charge is 0.243 e. The van der Waals surface area contributed by atoms with E-state index >= 15 is 0 Å². The molecule has 0 aliphatic carbocycles. The van der Waals surface area contributed by atoms with E-state index in [9.17, 15) is 9.59 Å². The van der Waals surface area contributed by atoms with Gasteiger partial charge in [-0.15, -0.1) is 11.3 Å². The molecule has 5 nitrogen and oxygen atoms in total. The highest BCUT2D eigenvalue weighted by Crippen LogP contribution is 2.25. The van der Waals surface area contributed by atoms with Gasteiger partial charge in [-0.1, -0.05) is 53.0 Å². The number of halogens is 2. The summed E-state index contributed by atoms with van der Waals surface area (Å²) in [6.07, 6.45) is 0.138. The predicted octanol–water partition coefficient (Wildman–Crippen LogP) is 5.06. The molecule has 2 aromatic carbocycles. The number of hydrogen-bond acceptors (Lipinski definition) is 4. The van der Waals surface area contributed by atoms with Crippen molar-refractivity contribution in [2.75, 3.05) is 18.9 Å². The second-order valence-electron chi connectivity index (χ2n) is 6.61. The van der Waals surface area contributed by atoms with Crippen LogP contribution in [0.5, 0.6) is 0 Å². The third-order valence-electron chi connectivity index (χ3n) is 4.19. The third kappa shape index (κ3) is 5.79. The number of carbonyl (C=O) groups excluding carboxylic acids is 2. The van der Waals surface area contributed by atoms with Crippen LogP contribution in [0, 0.1) is 6.92 Å².